The van der Waals surface area contributed by atoms with E-state index >= 15 is 0 Å². The van der Waals surface area contributed by atoms with Gasteiger partial charge in [-0.25, -0.2) is 4.79 Å². The van der Waals surface area contributed by atoms with Gasteiger partial charge in [0.15, 0.2) is 0 Å². The molecule has 3 nitrogen and oxygen atoms in total. The molecule has 0 aromatic carbocycles. The molecule has 2 amide bonds. The van der Waals surface area contributed by atoms with Crippen LogP contribution in [0.4, 0.5) is 4.79 Å². The van der Waals surface area contributed by atoms with Crippen LogP contribution in [0.25, 0.3) is 0 Å². The lowest BCUT2D eigenvalue weighted by Crippen LogP contribution is -2.32. The maximum atomic E-state index is 10.9. The van der Waals surface area contributed by atoms with Crippen molar-refractivity contribution >= 4 is 6.03 Å². The van der Waals surface area contributed by atoms with E-state index in [4.69, 9.17) is 0 Å². The van der Waals surface area contributed by atoms with E-state index in [0.717, 1.165) is 0 Å². The molecule has 0 aliphatic heterocycles. The Kier molecular flexibility index (Phi) is 5.17. The van der Waals surface area contributed by atoms with Crippen molar-refractivity contribution in [3.8, 4) is 0 Å². The predicted molar refractivity (Wildman–Crippen MR) is 50.8 cm³/mol. The van der Waals surface area contributed by atoms with Gasteiger partial charge in [-0.1, -0.05) is 19.4 Å². The molecule has 0 saturated carbocycles. The smallest absolute Gasteiger partial charge is 0.318 e. The lowest BCUT2D eigenvalue weighted by atomic mass is 10.1. The molecule has 0 atom stereocenters. The topological polar surface area (TPSA) is 41.1 Å². The molecule has 3 heteroatoms. The number of hydrogen-bond donors (Lipinski definition) is 2. The molecule has 2 N–H and O–H groups in total. The van der Waals surface area contributed by atoms with Crippen LogP contribution in [-0.2, 0) is 0 Å². The molecule has 70 valence electrons. The summed E-state index contributed by atoms with van der Waals surface area (Å²) in [6, 6.07) is -0.141. The summed E-state index contributed by atoms with van der Waals surface area (Å²) in [5.41, 5.74) is 1.17. The summed E-state index contributed by atoms with van der Waals surface area (Å²) >= 11 is 0. The largest absolute Gasteiger partial charge is 0.338 e. The number of nitrogens with one attached hydrogen (secondary N) is 2. The normalized spacial score (nSPS) is 11.6. The summed E-state index contributed by atoms with van der Waals surface area (Å²) in [5, 5.41) is 5.30. The van der Waals surface area contributed by atoms with Crippen molar-refractivity contribution in [3.63, 3.8) is 0 Å². The molecule has 0 heterocycles. The zero-order valence-corrected chi connectivity index (χ0v) is 8.27. The zero-order valence-electron chi connectivity index (χ0n) is 8.27. The Morgan fingerprint density at radius 3 is 2.50 bits per heavy atom. The molecule has 12 heavy (non-hydrogen) atoms. The lowest BCUT2D eigenvalue weighted by molar-refractivity contribution is 0.244. The Morgan fingerprint density at radius 1 is 1.50 bits per heavy atom. The Labute approximate surface area is 74.2 Å². The number of carbonyl (C=O) groups excluding carboxylic acids is 1. The third-order valence-electron chi connectivity index (χ3n) is 1.68. The van der Waals surface area contributed by atoms with Gasteiger partial charge in [-0.15, -0.1) is 0 Å². The molecule has 0 radical (unpaired) electrons. The van der Waals surface area contributed by atoms with Gasteiger partial charge in [-0.05, 0) is 19.8 Å². The molecular weight excluding hydrogens is 152 g/mol. The van der Waals surface area contributed by atoms with Gasteiger partial charge in [0.25, 0.3) is 0 Å². The van der Waals surface area contributed by atoms with Crippen LogP contribution in [0.3, 0.4) is 0 Å². The first kappa shape index (κ1) is 11.0. The van der Waals surface area contributed by atoms with E-state index in [1.54, 1.807) is 6.20 Å². The molecule has 0 spiro atoms. The van der Waals surface area contributed by atoms with E-state index in [-0.39, 0.29) is 6.03 Å². The maximum Gasteiger partial charge on any atom is 0.318 e. The molecule has 0 aromatic heterocycles. The van der Waals surface area contributed by atoms with E-state index in [1.165, 1.54) is 5.57 Å². The fourth-order valence-electron chi connectivity index (χ4n) is 0.558. The first-order valence-corrected chi connectivity index (χ1v) is 4.29. The van der Waals surface area contributed by atoms with Crippen molar-refractivity contribution in [1.29, 1.82) is 0 Å². The lowest BCUT2D eigenvalue weighted by Gasteiger charge is -2.05. The predicted octanol–water partition coefficient (Wildman–Crippen LogP) is 1.87. The molecule has 0 rings (SSSR count). The third-order valence-corrected chi connectivity index (χ3v) is 1.68. The second-order valence-electron chi connectivity index (χ2n) is 3.05. The van der Waals surface area contributed by atoms with Gasteiger partial charge >= 0.3 is 6.03 Å². The highest BCUT2D eigenvalue weighted by atomic mass is 16.2. The Bertz CT molecular complexity index is 173. The fraction of sp³-hybridized carbons (Fsp3) is 0.667. The van der Waals surface area contributed by atoms with Crippen LogP contribution in [-0.4, -0.2) is 12.6 Å². The minimum atomic E-state index is -0.141. The van der Waals surface area contributed by atoms with Crippen molar-refractivity contribution in [3.05, 3.63) is 11.8 Å². The van der Waals surface area contributed by atoms with E-state index in [1.807, 2.05) is 13.8 Å². The van der Waals surface area contributed by atoms with Gasteiger partial charge in [-0.3, -0.25) is 0 Å². The zero-order chi connectivity index (χ0) is 9.56. The van der Waals surface area contributed by atoms with E-state index < -0.39 is 0 Å². The molecular formula is C9H18N2O. The average Bonchev–Trinajstić information content (AvgIpc) is 2.00. The second-order valence-corrected chi connectivity index (χ2v) is 3.05. The highest BCUT2D eigenvalue weighted by Crippen LogP contribution is 2.05. The van der Waals surface area contributed by atoms with Crippen molar-refractivity contribution in [2.45, 2.75) is 27.7 Å². The highest BCUT2D eigenvalue weighted by Gasteiger charge is 1.97. The van der Waals surface area contributed by atoms with Crippen LogP contribution in [0.2, 0.25) is 0 Å². The van der Waals surface area contributed by atoms with Gasteiger partial charge in [0.05, 0.1) is 0 Å². The summed E-state index contributed by atoms with van der Waals surface area (Å²) in [7, 11) is 0. The number of urea groups is 1. The summed E-state index contributed by atoms with van der Waals surface area (Å²) in [5.74, 6) is 0.479. The Morgan fingerprint density at radius 2 is 2.08 bits per heavy atom. The number of carbonyl (C=O) groups is 1. The van der Waals surface area contributed by atoms with Crippen molar-refractivity contribution in [2.24, 2.45) is 5.92 Å². The van der Waals surface area contributed by atoms with E-state index in [0.29, 0.717) is 12.5 Å². The van der Waals surface area contributed by atoms with Crippen molar-refractivity contribution in [2.75, 3.05) is 6.54 Å². The van der Waals surface area contributed by atoms with Crippen LogP contribution >= 0.6 is 0 Å². The van der Waals surface area contributed by atoms with Gasteiger partial charge in [0.2, 0.25) is 0 Å². The molecule has 0 aromatic rings. The highest BCUT2D eigenvalue weighted by molar-refractivity contribution is 5.74. The monoisotopic (exact) mass is 170 g/mol. The Hall–Kier alpha value is -0.990. The van der Waals surface area contributed by atoms with Crippen molar-refractivity contribution in [1.82, 2.24) is 10.6 Å². The number of allylic oxidation sites excluding steroid dienone is 1. The molecule has 0 aliphatic rings. The van der Waals surface area contributed by atoms with Crippen LogP contribution in [0.1, 0.15) is 27.7 Å². The van der Waals surface area contributed by atoms with E-state index in [2.05, 4.69) is 24.5 Å². The average molecular weight is 170 g/mol. The van der Waals surface area contributed by atoms with Gasteiger partial charge < -0.3 is 10.6 Å². The van der Waals surface area contributed by atoms with Crippen LogP contribution in [0.5, 0.6) is 0 Å². The Balaban J connectivity index is 3.79. The fourth-order valence-corrected chi connectivity index (χ4v) is 0.558. The van der Waals surface area contributed by atoms with E-state index in [9.17, 15) is 4.79 Å². The van der Waals surface area contributed by atoms with Gasteiger partial charge in [0, 0.05) is 12.7 Å². The summed E-state index contributed by atoms with van der Waals surface area (Å²) in [6.45, 7) is 8.71. The summed E-state index contributed by atoms with van der Waals surface area (Å²) < 4.78 is 0. The standard InChI is InChI=1S/C9H18N2O/c1-5-10-9(12)11-6-8(4)7(2)3/h6-7H,5H2,1-4H3,(H2,10,11,12)/b8-6+. The molecule has 0 fully saturated rings. The quantitative estimate of drug-likeness (QED) is 0.667. The first-order chi connectivity index (χ1) is 5.57. The number of hydrogen-bond acceptors (Lipinski definition) is 1. The maximum absolute atomic E-state index is 10.9. The summed E-state index contributed by atoms with van der Waals surface area (Å²) in [6.07, 6.45) is 1.75. The number of rotatable bonds is 3. The second kappa shape index (κ2) is 5.63. The van der Waals surface area contributed by atoms with Gasteiger partial charge in [0.1, 0.15) is 0 Å². The van der Waals surface area contributed by atoms with Gasteiger partial charge in [-0.2, -0.15) is 0 Å². The minimum absolute atomic E-state index is 0.141. The minimum Gasteiger partial charge on any atom is -0.338 e. The number of amides is 2. The van der Waals surface area contributed by atoms with Crippen molar-refractivity contribution < 1.29 is 4.79 Å². The molecule has 0 saturated heterocycles. The third kappa shape index (κ3) is 4.77. The molecule has 0 aliphatic carbocycles. The van der Waals surface area contributed by atoms with Crippen LogP contribution in [0, 0.1) is 5.92 Å². The molecule has 0 unspecified atom stereocenters. The SMILES string of the molecule is CCNC(=O)N/C=C(\C)C(C)C. The first-order valence-electron chi connectivity index (χ1n) is 4.29. The molecule has 0 bridgehead atoms. The van der Waals surface area contributed by atoms with Crippen LogP contribution in [0.15, 0.2) is 11.8 Å². The summed E-state index contributed by atoms with van der Waals surface area (Å²) in [4.78, 5) is 10.9. The van der Waals surface area contributed by atoms with Crippen LogP contribution < -0.4 is 10.6 Å².